The standard InChI is InChI=1S/C18H13BrIN3O4S/c1-8-3-11(4-9(2)15(8)19)21-18-22-17(25)14(28-18)7-10-5-12(20)16(24)13(6-10)23(26)27/h3-7,24H,1-2H3,(H,21,22,25)/b14-7-. The smallest absolute Gasteiger partial charge is 0.312 e. The number of nitro groups is 1. The number of carbonyl (C=O) groups excluding carboxylic acids is 1. The van der Waals surface area contributed by atoms with Crippen LogP contribution in [-0.4, -0.2) is 21.1 Å². The van der Waals surface area contributed by atoms with Gasteiger partial charge < -0.3 is 10.4 Å². The number of amidine groups is 1. The van der Waals surface area contributed by atoms with E-state index in [1.807, 2.05) is 48.6 Å². The molecule has 3 rings (SSSR count). The molecule has 0 atom stereocenters. The Morgan fingerprint density at radius 1 is 1.29 bits per heavy atom. The Labute approximate surface area is 186 Å². The quantitative estimate of drug-likeness (QED) is 0.228. The Kier molecular flexibility index (Phi) is 6.10. The molecule has 0 unspecified atom stereocenters. The molecule has 1 saturated heterocycles. The fourth-order valence-electron chi connectivity index (χ4n) is 2.56. The van der Waals surface area contributed by atoms with Gasteiger partial charge in [-0.15, -0.1) is 0 Å². The summed E-state index contributed by atoms with van der Waals surface area (Å²) in [7, 11) is 0. The van der Waals surface area contributed by atoms with Crippen LogP contribution < -0.4 is 5.32 Å². The first-order chi connectivity index (χ1) is 13.2. The first-order valence-corrected chi connectivity index (χ1v) is 10.6. The van der Waals surface area contributed by atoms with Crippen LogP contribution in [0.5, 0.6) is 5.75 Å². The van der Waals surface area contributed by atoms with Crippen LogP contribution in [-0.2, 0) is 4.79 Å². The molecular weight excluding hydrogens is 561 g/mol. The van der Waals surface area contributed by atoms with Crippen LogP contribution in [0.4, 0.5) is 11.4 Å². The molecule has 0 bridgehead atoms. The van der Waals surface area contributed by atoms with Gasteiger partial charge >= 0.3 is 5.69 Å². The maximum absolute atomic E-state index is 12.3. The van der Waals surface area contributed by atoms with Gasteiger partial charge in [-0.3, -0.25) is 14.9 Å². The number of aromatic hydroxyl groups is 1. The molecule has 0 aromatic heterocycles. The lowest BCUT2D eigenvalue weighted by molar-refractivity contribution is -0.386. The van der Waals surface area contributed by atoms with Gasteiger partial charge in [-0.05, 0) is 89.2 Å². The Bertz CT molecular complexity index is 1060. The zero-order chi connectivity index (χ0) is 20.6. The van der Waals surface area contributed by atoms with Gasteiger partial charge in [0.1, 0.15) is 0 Å². The summed E-state index contributed by atoms with van der Waals surface area (Å²) in [4.78, 5) is 27.5. The maximum atomic E-state index is 12.3. The predicted molar refractivity (Wildman–Crippen MR) is 122 cm³/mol. The molecule has 1 fully saturated rings. The number of amides is 1. The molecule has 7 nitrogen and oxygen atoms in total. The second-order valence-corrected chi connectivity index (χ2v) is 8.99. The number of phenolic OH excluding ortho intramolecular Hbond substituents is 1. The van der Waals surface area contributed by atoms with E-state index < -0.39 is 10.6 Å². The van der Waals surface area contributed by atoms with E-state index in [0.717, 1.165) is 33.0 Å². The fourth-order valence-corrected chi connectivity index (χ4v) is 4.27. The molecule has 0 radical (unpaired) electrons. The first kappa shape index (κ1) is 20.8. The molecule has 0 aliphatic carbocycles. The number of phenols is 1. The van der Waals surface area contributed by atoms with Crippen molar-refractivity contribution in [3.05, 3.63) is 64.0 Å². The highest BCUT2D eigenvalue weighted by atomic mass is 127. The van der Waals surface area contributed by atoms with Gasteiger partial charge in [-0.1, -0.05) is 15.9 Å². The molecule has 1 heterocycles. The van der Waals surface area contributed by atoms with Crippen molar-refractivity contribution < 1.29 is 14.8 Å². The number of aryl methyl sites for hydroxylation is 2. The number of nitrogens with one attached hydrogen (secondary N) is 1. The van der Waals surface area contributed by atoms with E-state index in [0.29, 0.717) is 19.2 Å². The molecule has 28 heavy (non-hydrogen) atoms. The molecular formula is C18H13BrIN3O4S. The van der Waals surface area contributed by atoms with E-state index in [9.17, 15) is 20.0 Å². The predicted octanol–water partition coefficient (Wildman–Crippen LogP) is 5.18. The number of benzene rings is 2. The van der Waals surface area contributed by atoms with E-state index in [2.05, 4.69) is 26.2 Å². The third kappa shape index (κ3) is 4.39. The van der Waals surface area contributed by atoms with E-state index in [1.165, 1.54) is 12.1 Å². The second kappa shape index (κ2) is 8.21. The van der Waals surface area contributed by atoms with Gasteiger partial charge in [0.2, 0.25) is 5.75 Å². The average Bonchev–Trinajstić information content (AvgIpc) is 2.94. The zero-order valence-corrected chi connectivity index (χ0v) is 19.2. The van der Waals surface area contributed by atoms with Crippen LogP contribution in [0.25, 0.3) is 6.08 Å². The summed E-state index contributed by atoms with van der Waals surface area (Å²) in [6.07, 6.45) is 1.54. The Hall–Kier alpha value is -1.92. The van der Waals surface area contributed by atoms with Crippen molar-refractivity contribution in [2.45, 2.75) is 13.8 Å². The maximum Gasteiger partial charge on any atom is 0.312 e. The topological polar surface area (TPSA) is 105 Å². The van der Waals surface area contributed by atoms with Gasteiger partial charge in [-0.2, -0.15) is 0 Å². The van der Waals surface area contributed by atoms with Crippen LogP contribution >= 0.6 is 50.3 Å². The molecule has 2 aromatic rings. The number of aliphatic imine (C=N–C) groups is 1. The van der Waals surface area contributed by atoms with Gasteiger partial charge in [0, 0.05) is 10.5 Å². The van der Waals surface area contributed by atoms with E-state index >= 15 is 0 Å². The van der Waals surface area contributed by atoms with Gasteiger partial charge in [0.15, 0.2) is 5.17 Å². The molecule has 1 aliphatic heterocycles. The third-order valence-electron chi connectivity index (χ3n) is 3.86. The van der Waals surface area contributed by atoms with Crippen molar-refractivity contribution >= 4 is 78.8 Å². The first-order valence-electron chi connectivity index (χ1n) is 7.89. The minimum absolute atomic E-state index is 0.330. The van der Waals surface area contributed by atoms with Crippen molar-refractivity contribution in [3.63, 3.8) is 0 Å². The van der Waals surface area contributed by atoms with Crippen molar-refractivity contribution in [3.8, 4) is 5.75 Å². The Morgan fingerprint density at radius 3 is 2.54 bits per heavy atom. The summed E-state index contributed by atoms with van der Waals surface area (Å²) in [5.74, 6) is -0.723. The molecule has 1 amide bonds. The lowest BCUT2D eigenvalue weighted by Gasteiger charge is -2.04. The number of thioether (sulfide) groups is 1. The van der Waals surface area contributed by atoms with Crippen LogP contribution in [0.15, 0.2) is 38.6 Å². The minimum Gasteiger partial charge on any atom is -0.501 e. The lowest BCUT2D eigenvalue weighted by atomic mass is 10.1. The number of hydrogen-bond donors (Lipinski definition) is 2. The highest BCUT2D eigenvalue weighted by Crippen LogP contribution is 2.35. The Morgan fingerprint density at radius 2 is 1.93 bits per heavy atom. The number of hydrogen-bond acceptors (Lipinski definition) is 6. The van der Waals surface area contributed by atoms with Crippen molar-refractivity contribution in [2.24, 2.45) is 4.99 Å². The average molecular weight is 574 g/mol. The second-order valence-electron chi connectivity index (χ2n) is 6.00. The molecule has 0 saturated carbocycles. The summed E-state index contributed by atoms with van der Waals surface area (Å²) in [6.45, 7) is 3.93. The van der Waals surface area contributed by atoms with Crippen LogP contribution in [0, 0.1) is 27.5 Å². The normalized spacial score (nSPS) is 16.6. The molecule has 2 N–H and O–H groups in total. The third-order valence-corrected chi connectivity index (χ3v) is 6.85. The van der Waals surface area contributed by atoms with Gasteiger partial charge in [0.25, 0.3) is 5.91 Å². The summed E-state index contributed by atoms with van der Waals surface area (Å²) in [5.41, 5.74) is 2.84. The highest BCUT2D eigenvalue weighted by Gasteiger charge is 2.25. The van der Waals surface area contributed by atoms with Gasteiger partial charge in [-0.25, -0.2) is 4.99 Å². The van der Waals surface area contributed by atoms with Crippen LogP contribution in [0.1, 0.15) is 16.7 Å². The largest absolute Gasteiger partial charge is 0.501 e. The summed E-state index contributed by atoms with van der Waals surface area (Å²) < 4.78 is 1.35. The van der Waals surface area contributed by atoms with E-state index in [-0.39, 0.29) is 11.7 Å². The molecule has 10 heteroatoms. The Balaban J connectivity index is 1.92. The lowest BCUT2D eigenvalue weighted by Crippen LogP contribution is -2.19. The highest BCUT2D eigenvalue weighted by molar-refractivity contribution is 14.1. The fraction of sp³-hybridized carbons (Fsp3) is 0.111. The SMILES string of the molecule is Cc1cc(N=C2NC(=O)/C(=C/c3cc(I)c(O)c([N+](=O)[O-])c3)S2)cc(C)c1Br. The minimum atomic E-state index is -0.660. The zero-order valence-electron chi connectivity index (χ0n) is 14.6. The molecule has 0 spiro atoms. The summed E-state index contributed by atoms with van der Waals surface area (Å²) in [6, 6.07) is 6.61. The number of carbonyl (C=O) groups is 1. The molecule has 1 aliphatic rings. The number of nitrogens with zero attached hydrogens (tertiary/aromatic N) is 2. The van der Waals surface area contributed by atoms with Crippen LogP contribution in [0.2, 0.25) is 0 Å². The number of halogens is 2. The van der Waals surface area contributed by atoms with Crippen LogP contribution in [0.3, 0.4) is 0 Å². The summed E-state index contributed by atoms with van der Waals surface area (Å²) >= 11 is 6.47. The number of nitro benzene ring substituents is 1. The van der Waals surface area contributed by atoms with Crippen molar-refractivity contribution in [2.75, 3.05) is 0 Å². The van der Waals surface area contributed by atoms with Gasteiger partial charge in [0.05, 0.1) is 19.1 Å². The van der Waals surface area contributed by atoms with Crippen molar-refractivity contribution in [1.29, 1.82) is 0 Å². The molecule has 2 aromatic carbocycles. The van der Waals surface area contributed by atoms with E-state index in [4.69, 9.17) is 0 Å². The summed E-state index contributed by atoms with van der Waals surface area (Å²) in [5, 5.41) is 24.0. The monoisotopic (exact) mass is 573 g/mol. The molecule has 144 valence electrons. The van der Waals surface area contributed by atoms with Crippen molar-refractivity contribution in [1.82, 2.24) is 5.32 Å². The van der Waals surface area contributed by atoms with E-state index in [1.54, 1.807) is 6.07 Å². The number of rotatable bonds is 3.